The zero-order valence-corrected chi connectivity index (χ0v) is 7.15. The zero-order chi connectivity index (χ0) is 9.19. The van der Waals surface area contributed by atoms with E-state index in [-0.39, 0.29) is 5.75 Å². The average molecular weight is 165 g/mol. The quantitative estimate of drug-likeness (QED) is 0.714. The first kappa shape index (κ1) is 8.60. The Bertz CT molecular complexity index is 308. The summed E-state index contributed by atoms with van der Waals surface area (Å²) < 4.78 is 1.55. The minimum absolute atomic E-state index is 0.128. The molecule has 0 saturated heterocycles. The third-order valence-corrected chi connectivity index (χ3v) is 1.48. The van der Waals surface area contributed by atoms with Gasteiger partial charge in [-0.15, -0.1) is 0 Å². The molecule has 1 N–H and O–H groups in total. The Hall–Kier alpha value is -1.50. The van der Waals surface area contributed by atoms with E-state index in [1.165, 1.54) is 12.4 Å². The van der Waals surface area contributed by atoms with E-state index in [0.717, 1.165) is 0 Å². The lowest BCUT2D eigenvalue weighted by atomic mass is 9.96. The predicted molar refractivity (Wildman–Crippen MR) is 43.3 cm³/mol. The molecule has 1 heterocycles. The van der Waals surface area contributed by atoms with Crippen LogP contribution in [0.25, 0.3) is 0 Å². The van der Waals surface area contributed by atoms with Gasteiger partial charge in [-0.05, 0) is 13.8 Å². The summed E-state index contributed by atoms with van der Waals surface area (Å²) in [6.45, 7) is 4.14. The fraction of sp³-hybridized carbons (Fsp3) is 0.500. The van der Waals surface area contributed by atoms with E-state index in [1.54, 1.807) is 4.68 Å². The first-order valence-corrected chi connectivity index (χ1v) is 3.66. The van der Waals surface area contributed by atoms with Crippen LogP contribution < -0.4 is 0 Å². The summed E-state index contributed by atoms with van der Waals surface area (Å²) in [5.74, 6) is 0.128. The molecule has 0 aliphatic rings. The third-order valence-electron chi connectivity index (χ3n) is 1.48. The molecule has 0 atom stereocenters. The minimum atomic E-state index is -0.446. The maximum Gasteiger partial charge on any atom is 0.153 e. The van der Waals surface area contributed by atoms with Crippen LogP contribution in [-0.2, 0) is 6.54 Å². The molecule has 0 aliphatic carbocycles. The molecule has 0 fully saturated rings. The van der Waals surface area contributed by atoms with Gasteiger partial charge >= 0.3 is 0 Å². The second-order valence-electron chi connectivity index (χ2n) is 3.39. The van der Waals surface area contributed by atoms with Crippen LogP contribution in [0.3, 0.4) is 0 Å². The summed E-state index contributed by atoms with van der Waals surface area (Å²) in [5, 5.41) is 21.5. The number of nitrogens with zero attached hydrogens (tertiary/aromatic N) is 3. The second-order valence-corrected chi connectivity index (χ2v) is 3.39. The van der Waals surface area contributed by atoms with Gasteiger partial charge in [0.05, 0.1) is 30.4 Å². The molecule has 0 spiro atoms. The van der Waals surface area contributed by atoms with Crippen LogP contribution in [0.1, 0.15) is 13.8 Å². The standard InChI is InChI=1S/C8H11N3O/c1-8(2,5-9)6-11-4-7(12)3-10-11/h3-4,12H,6H2,1-2H3. The van der Waals surface area contributed by atoms with Gasteiger partial charge in [0.2, 0.25) is 0 Å². The van der Waals surface area contributed by atoms with Crippen molar-refractivity contribution in [1.82, 2.24) is 9.78 Å². The highest BCUT2D eigenvalue weighted by atomic mass is 16.3. The van der Waals surface area contributed by atoms with Crippen molar-refractivity contribution in [1.29, 1.82) is 5.26 Å². The van der Waals surface area contributed by atoms with E-state index >= 15 is 0 Å². The van der Waals surface area contributed by atoms with E-state index in [1.807, 2.05) is 13.8 Å². The van der Waals surface area contributed by atoms with Crippen LogP contribution >= 0.6 is 0 Å². The number of aromatic nitrogens is 2. The van der Waals surface area contributed by atoms with Gasteiger partial charge in [0, 0.05) is 0 Å². The monoisotopic (exact) mass is 165 g/mol. The molecule has 0 unspecified atom stereocenters. The summed E-state index contributed by atoms with van der Waals surface area (Å²) in [5.41, 5.74) is -0.446. The van der Waals surface area contributed by atoms with Gasteiger partial charge in [-0.2, -0.15) is 10.4 Å². The van der Waals surface area contributed by atoms with Gasteiger partial charge in [0.1, 0.15) is 0 Å². The summed E-state index contributed by atoms with van der Waals surface area (Å²) in [7, 11) is 0. The van der Waals surface area contributed by atoms with Crippen LogP contribution in [-0.4, -0.2) is 14.9 Å². The van der Waals surface area contributed by atoms with Crippen LogP contribution in [0, 0.1) is 16.7 Å². The van der Waals surface area contributed by atoms with Crippen molar-refractivity contribution >= 4 is 0 Å². The molecule has 0 radical (unpaired) electrons. The highest BCUT2D eigenvalue weighted by Gasteiger charge is 2.17. The molecule has 4 nitrogen and oxygen atoms in total. The third kappa shape index (κ3) is 1.99. The van der Waals surface area contributed by atoms with Crippen molar-refractivity contribution in [2.24, 2.45) is 5.41 Å². The summed E-state index contributed by atoms with van der Waals surface area (Å²) in [4.78, 5) is 0. The van der Waals surface area contributed by atoms with E-state index in [9.17, 15) is 0 Å². The Morgan fingerprint density at radius 2 is 2.42 bits per heavy atom. The Kier molecular flexibility index (Phi) is 2.05. The number of rotatable bonds is 2. The fourth-order valence-electron chi connectivity index (χ4n) is 0.879. The Morgan fingerprint density at radius 1 is 1.75 bits per heavy atom. The highest BCUT2D eigenvalue weighted by molar-refractivity contribution is 5.09. The molecule has 0 aliphatic heterocycles. The molecular weight excluding hydrogens is 154 g/mol. The molecule has 1 aromatic rings. The summed E-state index contributed by atoms with van der Waals surface area (Å²) in [6, 6.07) is 2.16. The molecule has 4 heteroatoms. The van der Waals surface area contributed by atoms with Crippen molar-refractivity contribution in [3.05, 3.63) is 12.4 Å². The Morgan fingerprint density at radius 3 is 2.83 bits per heavy atom. The normalized spacial score (nSPS) is 11.1. The second kappa shape index (κ2) is 2.86. The van der Waals surface area contributed by atoms with Crippen molar-refractivity contribution in [3.63, 3.8) is 0 Å². The number of hydrogen-bond donors (Lipinski definition) is 1. The van der Waals surface area contributed by atoms with Crippen LogP contribution in [0.4, 0.5) is 0 Å². The Labute approximate surface area is 71.1 Å². The van der Waals surface area contributed by atoms with Crippen LogP contribution in [0.5, 0.6) is 5.75 Å². The lowest BCUT2D eigenvalue weighted by Gasteiger charge is -2.13. The molecule has 0 bridgehead atoms. The van der Waals surface area contributed by atoms with Gasteiger partial charge in [-0.1, -0.05) is 0 Å². The maximum absolute atomic E-state index is 8.96. The fourth-order valence-corrected chi connectivity index (χ4v) is 0.879. The smallest absolute Gasteiger partial charge is 0.153 e. The van der Waals surface area contributed by atoms with Crippen molar-refractivity contribution in [2.75, 3.05) is 0 Å². The molecular formula is C8H11N3O. The lowest BCUT2D eigenvalue weighted by molar-refractivity contribution is 0.383. The molecule has 1 aromatic heterocycles. The molecule has 0 aromatic carbocycles. The van der Waals surface area contributed by atoms with Crippen LogP contribution in [0.2, 0.25) is 0 Å². The van der Waals surface area contributed by atoms with Gasteiger partial charge in [0.15, 0.2) is 5.75 Å². The first-order chi connectivity index (χ1) is 5.53. The van der Waals surface area contributed by atoms with Gasteiger partial charge in [-0.3, -0.25) is 4.68 Å². The van der Waals surface area contributed by atoms with E-state index in [4.69, 9.17) is 10.4 Å². The average Bonchev–Trinajstić information content (AvgIpc) is 2.35. The SMILES string of the molecule is CC(C)(C#N)Cn1cc(O)cn1. The minimum Gasteiger partial charge on any atom is -0.505 e. The highest BCUT2D eigenvalue weighted by Crippen LogP contribution is 2.17. The number of aromatic hydroxyl groups is 1. The van der Waals surface area contributed by atoms with E-state index in [2.05, 4.69) is 11.2 Å². The molecule has 12 heavy (non-hydrogen) atoms. The Balaban J connectivity index is 2.72. The van der Waals surface area contributed by atoms with Crippen molar-refractivity contribution in [3.8, 4) is 11.8 Å². The largest absolute Gasteiger partial charge is 0.505 e. The topological polar surface area (TPSA) is 61.8 Å². The first-order valence-electron chi connectivity index (χ1n) is 3.66. The van der Waals surface area contributed by atoms with Crippen LogP contribution in [0.15, 0.2) is 12.4 Å². The number of hydrogen-bond acceptors (Lipinski definition) is 3. The van der Waals surface area contributed by atoms with Gasteiger partial charge in [0.25, 0.3) is 0 Å². The van der Waals surface area contributed by atoms with Crippen molar-refractivity contribution < 1.29 is 5.11 Å². The van der Waals surface area contributed by atoms with Gasteiger partial charge < -0.3 is 5.11 Å². The predicted octanol–water partition coefficient (Wildman–Crippen LogP) is 1.14. The summed E-state index contributed by atoms with van der Waals surface area (Å²) >= 11 is 0. The van der Waals surface area contributed by atoms with Crippen molar-refractivity contribution in [2.45, 2.75) is 20.4 Å². The molecule has 0 saturated carbocycles. The van der Waals surface area contributed by atoms with E-state index < -0.39 is 5.41 Å². The molecule has 1 rings (SSSR count). The maximum atomic E-state index is 8.96. The number of nitriles is 1. The molecule has 0 amide bonds. The van der Waals surface area contributed by atoms with E-state index in [0.29, 0.717) is 6.54 Å². The zero-order valence-electron chi connectivity index (χ0n) is 7.15. The summed E-state index contributed by atoms with van der Waals surface area (Å²) in [6.07, 6.45) is 2.85. The van der Waals surface area contributed by atoms with Gasteiger partial charge in [-0.25, -0.2) is 0 Å². The molecule has 64 valence electrons. The lowest BCUT2D eigenvalue weighted by Crippen LogP contribution is -2.17.